The van der Waals surface area contributed by atoms with Crippen LogP contribution in [0.4, 0.5) is 20.5 Å². The topological polar surface area (TPSA) is 75.3 Å². The minimum Gasteiger partial charge on any atom is -0.396 e. The van der Waals surface area contributed by atoms with Gasteiger partial charge in [0.1, 0.15) is 17.5 Å². The maximum Gasteiger partial charge on any atom is 0.221 e. The first-order chi connectivity index (χ1) is 11.5. The van der Waals surface area contributed by atoms with E-state index in [0.717, 1.165) is 25.5 Å². The number of hydrogen-bond acceptors (Lipinski definition) is 5. The van der Waals surface area contributed by atoms with Gasteiger partial charge >= 0.3 is 0 Å². The molecule has 1 unspecified atom stereocenters. The normalized spacial score (nSPS) is 21.0. The van der Waals surface area contributed by atoms with Gasteiger partial charge in [0.25, 0.3) is 0 Å². The van der Waals surface area contributed by atoms with E-state index in [0.29, 0.717) is 24.3 Å². The summed E-state index contributed by atoms with van der Waals surface area (Å²) in [5, 5.41) is 9.99. The molecule has 1 aromatic carbocycles. The fraction of sp³-hybridized carbons (Fsp3) is 0.412. The Morgan fingerprint density at radius 1 is 1.29 bits per heavy atom. The lowest BCUT2D eigenvalue weighted by atomic mass is 9.75. The van der Waals surface area contributed by atoms with Crippen molar-refractivity contribution in [3.63, 3.8) is 0 Å². The predicted molar refractivity (Wildman–Crippen MR) is 87.5 cm³/mol. The first-order valence-corrected chi connectivity index (χ1v) is 7.90. The Morgan fingerprint density at radius 3 is 2.83 bits per heavy atom. The Labute approximate surface area is 139 Å². The lowest BCUT2D eigenvalue weighted by Crippen LogP contribution is -2.47. The minimum atomic E-state index is -0.601. The second-order valence-corrected chi connectivity index (χ2v) is 6.37. The molecule has 5 nitrogen and oxygen atoms in total. The minimum absolute atomic E-state index is 0.0825. The number of nitrogen functional groups attached to an aromatic ring is 1. The molecule has 0 amide bonds. The summed E-state index contributed by atoms with van der Waals surface area (Å²) in [6.45, 7) is 1.22. The van der Waals surface area contributed by atoms with Crippen LogP contribution in [0.1, 0.15) is 18.4 Å². The first-order valence-electron chi connectivity index (χ1n) is 7.90. The van der Waals surface area contributed by atoms with Crippen LogP contribution in [-0.4, -0.2) is 34.8 Å². The van der Waals surface area contributed by atoms with Crippen LogP contribution < -0.4 is 10.6 Å². The van der Waals surface area contributed by atoms with Gasteiger partial charge < -0.3 is 15.7 Å². The summed E-state index contributed by atoms with van der Waals surface area (Å²) in [4.78, 5) is 10.1. The average Bonchev–Trinajstić information content (AvgIpc) is 2.58. The molecule has 2 heterocycles. The van der Waals surface area contributed by atoms with Gasteiger partial charge in [-0.05, 0) is 37.0 Å². The highest BCUT2D eigenvalue weighted by molar-refractivity contribution is 5.42. The Bertz CT molecular complexity index is 727. The zero-order chi connectivity index (χ0) is 17.2. The van der Waals surface area contributed by atoms with Crippen LogP contribution in [0.2, 0.25) is 0 Å². The fourth-order valence-corrected chi connectivity index (χ4v) is 3.34. The van der Waals surface area contributed by atoms with Gasteiger partial charge in [-0.25, -0.2) is 13.8 Å². The van der Waals surface area contributed by atoms with E-state index in [1.54, 1.807) is 12.3 Å². The van der Waals surface area contributed by atoms with Crippen molar-refractivity contribution in [2.45, 2.75) is 19.3 Å². The summed E-state index contributed by atoms with van der Waals surface area (Å²) in [6, 6.07) is 5.34. The smallest absolute Gasteiger partial charge is 0.221 e. The number of benzene rings is 1. The number of halogens is 2. The third kappa shape index (κ3) is 3.46. The zero-order valence-electron chi connectivity index (χ0n) is 13.3. The fourth-order valence-electron chi connectivity index (χ4n) is 3.34. The molecule has 1 fully saturated rings. The van der Waals surface area contributed by atoms with Crippen molar-refractivity contribution in [2.24, 2.45) is 5.41 Å². The van der Waals surface area contributed by atoms with Crippen LogP contribution in [0.5, 0.6) is 0 Å². The van der Waals surface area contributed by atoms with E-state index >= 15 is 0 Å². The molecule has 7 heteroatoms. The van der Waals surface area contributed by atoms with Crippen LogP contribution in [0.3, 0.4) is 0 Å². The van der Waals surface area contributed by atoms with Crippen LogP contribution in [0.25, 0.3) is 0 Å². The molecular formula is C17H20F2N4O. The molecule has 1 saturated heterocycles. The molecule has 2 aromatic rings. The zero-order valence-corrected chi connectivity index (χ0v) is 13.3. The van der Waals surface area contributed by atoms with Crippen LogP contribution in [0, 0.1) is 17.0 Å². The van der Waals surface area contributed by atoms with E-state index in [1.807, 2.05) is 4.90 Å². The molecule has 1 aliphatic rings. The second-order valence-electron chi connectivity index (χ2n) is 6.37. The molecule has 0 radical (unpaired) electrons. The Balaban J connectivity index is 1.83. The average molecular weight is 334 g/mol. The molecule has 0 aliphatic carbocycles. The number of nitrogens with two attached hydrogens (primary N) is 1. The van der Waals surface area contributed by atoms with Gasteiger partial charge in [-0.2, -0.15) is 4.98 Å². The number of rotatable bonds is 4. The monoisotopic (exact) mass is 334 g/mol. The molecule has 1 aromatic heterocycles. The molecule has 1 atom stereocenters. The van der Waals surface area contributed by atoms with Gasteiger partial charge in [0.15, 0.2) is 0 Å². The third-order valence-corrected chi connectivity index (χ3v) is 4.56. The van der Waals surface area contributed by atoms with Crippen LogP contribution in [0.15, 0.2) is 30.5 Å². The van der Waals surface area contributed by atoms with Crippen molar-refractivity contribution in [1.82, 2.24) is 9.97 Å². The quantitative estimate of drug-likeness (QED) is 0.896. The number of anilines is 2. The van der Waals surface area contributed by atoms with E-state index in [1.165, 1.54) is 12.1 Å². The molecule has 1 aliphatic heterocycles. The van der Waals surface area contributed by atoms with Gasteiger partial charge in [-0.1, -0.05) is 6.07 Å². The van der Waals surface area contributed by atoms with E-state index in [2.05, 4.69) is 9.97 Å². The van der Waals surface area contributed by atoms with Crippen molar-refractivity contribution in [3.05, 3.63) is 47.7 Å². The van der Waals surface area contributed by atoms with Gasteiger partial charge in [-0.15, -0.1) is 0 Å². The largest absolute Gasteiger partial charge is 0.396 e. The van der Waals surface area contributed by atoms with Crippen molar-refractivity contribution in [3.8, 4) is 0 Å². The Hall–Kier alpha value is -2.28. The highest BCUT2D eigenvalue weighted by Crippen LogP contribution is 2.35. The predicted octanol–water partition coefficient (Wildman–Crippen LogP) is 2.16. The maximum absolute atomic E-state index is 14.0. The van der Waals surface area contributed by atoms with Crippen molar-refractivity contribution < 1.29 is 13.9 Å². The highest BCUT2D eigenvalue weighted by Gasteiger charge is 2.36. The Morgan fingerprint density at radius 2 is 2.12 bits per heavy atom. The molecular weight excluding hydrogens is 314 g/mol. The summed E-state index contributed by atoms with van der Waals surface area (Å²) in [5.74, 6) is -0.292. The Kier molecular flexibility index (Phi) is 4.62. The summed E-state index contributed by atoms with van der Waals surface area (Å²) in [7, 11) is 0. The van der Waals surface area contributed by atoms with Gasteiger partial charge in [0.05, 0.1) is 6.61 Å². The first kappa shape index (κ1) is 16.6. The number of aliphatic hydroxyl groups is 1. The van der Waals surface area contributed by atoms with Gasteiger partial charge in [0.2, 0.25) is 5.95 Å². The summed E-state index contributed by atoms with van der Waals surface area (Å²) >= 11 is 0. The summed E-state index contributed by atoms with van der Waals surface area (Å²) in [5.41, 5.74) is 5.55. The molecule has 3 N–H and O–H groups in total. The van der Waals surface area contributed by atoms with Crippen molar-refractivity contribution >= 4 is 11.8 Å². The number of aromatic nitrogens is 2. The van der Waals surface area contributed by atoms with Crippen LogP contribution in [-0.2, 0) is 6.42 Å². The summed E-state index contributed by atoms with van der Waals surface area (Å²) in [6.07, 6.45) is 3.53. The molecule has 24 heavy (non-hydrogen) atoms. The second kappa shape index (κ2) is 6.68. The van der Waals surface area contributed by atoms with Gasteiger partial charge in [-0.3, -0.25) is 0 Å². The van der Waals surface area contributed by atoms with E-state index in [9.17, 15) is 13.9 Å². The highest BCUT2D eigenvalue weighted by atomic mass is 19.1. The van der Waals surface area contributed by atoms with E-state index in [-0.39, 0.29) is 12.6 Å². The summed E-state index contributed by atoms with van der Waals surface area (Å²) < 4.78 is 27.1. The lowest BCUT2D eigenvalue weighted by molar-refractivity contribution is 0.104. The van der Waals surface area contributed by atoms with Gasteiger partial charge in [0, 0.05) is 30.8 Å². The molecule has 128 valence electrons. The standard InChI is InChI=1S/C17H20F2N4O/c18-13-3-2-12(14(19)8-13)9-17(11-24)5-1-7-23(10-17)15-4-6-21-16(20)22-15/h2-4,6,8,24H,1,5,7,9-11H2,(H2,20,21,22). The van der Waals surface area contributed by atoms with Crippen LogP contribution >= 0.6 is 0 Å². The number of nitrogens with zero attached hydrogens (tertiary/aromatic N) is 3. The SMILES string of the molecule is Nc1nccc(N2CCCC(CO)(Cc3ccc(F)cc3F)C2)n1. The molecule has 0 saturated carbocycles. The number of piperidine rings is 1. The molecule has 0 spiro atoms. The van der Waals surface area contributed by atoms with E-state index in [4.69, 9.17) is 5.73 Å². The number of hydrogen-bond donors (Lipinski definition) is 2. The maximum atomic E-state index is 14.0. The lowest BCUT2D eigenvalue weighted by Gasteiger charge is -2.42. The van der Waals surface area contributed by atoms with Crippen molar-refractivity contribution in [2.75, 3.05) is 30.3 Å². The third-order valence-electron chi connectivity index (χ3n) is 4.56. The molecule has 0 bridgehead atoms. The van der Waals surface area contributed by atoms with Crippen molar-refractivity contribution in [1.29, 1.82) is 0 Å². The van der Waals surface area contributed by atoms with E-state index < -0.39 is 17.0 Å². The number of aliphatic hydroxyl groups excluding tert-OH is 1. The molecule has 3 rings (SSSR count).